The summed E-state index contributed by atoms with van der Waals surface area (Å²) < 4.78 is 5.58. The molecule has 0 saturated heterocycles. The van der Waals surface area contributed by atoms with Gasteiger partial charge in [0.1, 0.15) is 17.4 Å². The van der Waals surface area contributed by atoms with E-state index in [0.717, 1.165) is 22.4 Å². The average Bonchev–Trinajstić information content (AvgIpc) is 3.14. The SMILES string of the molecule is Cc1ccc(OCC(=O)C(C#N)c2nc(-c3ccccc3)cs2)cc1C. The van der Waals surface area contributed by atoms with Gasteiger partial charge >= 0.3 is 0 Å². The molecule has 1 aromatic heterocycles. The first-order valence-corrected chi connectivity index (χ1v) is 9.09. The first-order valence-electron chi connectivity index (χ1n) is 8.21. The zero-order valence-electron chi connectivity index (χ0n) is 14.6. The second kappa shape index (κ2) is 7.94. The van der Waals surface area contributed by atoms with E-state index in [0.29, 0.717) is 10.8 Å². The maximum atomic E-state index is 12.5. The average molecular weight is 362 g/mol. The van der Waals surface area contributed by atoms with Crippen LogP contribution in [0, 0.1) is 25.2 Å². The Morgan fingerprint density at radius 1 is 1.19 bits per heavy atom. The number of nitrogens with zero attached hydrogens (tertiary/aromatic N) is 2. The lowest BCUT2D eigenvalue weighted by Gasteiger charge is -2.09. The molecule has 0 amide bonds. The zero-order valence-corrected chi connectivity index (χ0v) is 15.4. The molecule has 1 unspecified atom stereocenters. The van der Waals surface area contributed by atoms with Gasteiger partial charge in [-0.05, 0) is 37.1 Å². The molecule has 0 aliphatic rings. The fourth-order valence-electron chi connectivity index (χ4n) is 2.47. The Hall–Kier alpha value is -2.97. The van der Waals surface area contributed by atoms with Gasteiger partial charge in [0.25, 0.3) is 0 Å². The number of ketones is 1. The minimum atomic E-state index is -0.913. The van der Waals surface area contributed by atoms with Gasteiger partial charge in [0, 0.05) is 10.9 Å². The third kappa shape index (κ3) is 3.98. The summed E-state index contributed by atoms with van der Waals surface area (Å²) in [5, 5.41) is 11.8. The largest absolute Gasteiger partial charge is 0.486 e. The molecule has 2 aromatic carbocycles. The van der Waals surface area contributed by atoms with Gasteiger partial charge in [0.15, 0.2) is 11.7 Å². The smallest absolute Gasteiger partial charge is 0.194 e. The Balaban J connectivity index is 1.70. The Bertz CT molecular complexity index is 958. The van der Waals surface area contributed by atoms with Gasteiger partial charge in [-0.25, -0.2) is 4.98 Å². The lowest BCUT2D eigenvalue weighted by molar-refractivity contribution is -0.121. The number of nitriles is 1. The summed E-state index contributed by atoms with van der Waals surface area (Å²) in [7, 11) is 0. The number of aryl methyl sites for hydroxylation is 2. The summed E-state index contributed by atoms with van der Waals surface area (Å²) >= 11 is 1.32. The van der Waals surface area contributed by atoms with E-state index in [4.69, 9.17) is 4.74 Å². The number of hydrogen-bond donors (Lipinski definition) is 0. The van der Waals surface area contributed by atoms with E-state index < -0.39 is 5.92 Å². The number of carbonyl (C=O) groups excluding carboxylic acids is 1. The monoisotopic (exact) mass is 362 g/mol. The molecule has 4 nitrogen and oxygen atoms in total. The molecule has 0 fully saturated rings. The van der Waals surface area contributed by atoms with Crippen molar-refractivity contribution in [2.75, 3.05) is 6.61 Å². The van der Waals surface area contributed by atoms with Crippen molar-refractivity contribution in [2.45, 2.75) is 19.8 Å². The van der Waals surface area contributed by atoms with Gasteiger partial charge in [-0.2, -0.15) is 5.26 Å². The van der Waals surface area contributed by atoms with Crippen LogP contribution in [0.5, 0.6) is 5.75 Å². The molecular weight excluding hydrogens is 344 g/mol. The number of aromatic nitrogens is 1. The third-order valence-corrected chi connectivity index (χ3v) is 5.06. The number of rotatable bonds is 6. The second-order valence-electron chi connectivity index (χ2n) is 6.00. The molecule has 130 valence electrons. The molecule has 3 rings (SSSR count). The Morgan fingerprint density at radius 3 is 2.65 bits per heavy atom. The van der Waals surface area contributed by atoms with Crippen LogP contribution < -0.4 is 4.74 Å². The molecule has 3 aromatic rings. The van der Waals surface area contributed by atoms with Crippen LogP contribution in [0.4, 0.5) is 0 Å². The predicted molar refractivity (Wildman–Crippen MR) is 102 cm³/mol. The van der Waals surface area contributed by atoms with Gasteiger partial charge in [-0.1, -0.05) is 36.4 Å². The van der Waals surface area contributed by atoms with Crippen molar-refractivity contribution in [1.82, 2.24) is 4.98 Å². The standard InChI is InChI=1S/C21H18N2O2S/c1-14-8-9-17(10-15(14)2)25-12-20(24)18(11-22)21-23-19(13-26-21)16-6-4-3-5-7-16/h3-10,13,18H,12H2,1-2H3. The third-order valence-electron chi connectivity index (χ3n) is 4.15. The van der Waals surface area contributed by atoms with Crippen molar-refractivity contribution in [2.24, 2.45) is 0 Å². The molecule has 1 heterocycles. The second-order valence-corrected chi connectivity index (χ2v) is 6.89. The highest BCUT2D eigenvalue weighted by molar-refractivity contribution is 7.10. The summed E-state index contributed by atoms with van der Waals surface area (Å²) in [5.74, 6) is -0.578. The van der Waals surface area contributed by atoms with Crippen LogP contribution in [-0.2, 0) is 4.79 Å². The van der Waals surface area contributed by atoms with Gasteiger partial charge in [0.05, 0.1) is 11.8 Å². The highest BCUT2D eigenvalue weighted by atomic mass is 32.1. The molecule has 5 heteroatoms. The summed E-state index contributed by atoms with van der Waals surface area (Å²) in [4.78, 5) is 16.9. The number of thiazole rings is 1. The Kier molecular flexibility index (Phi) is 5.45. The van der Waals surface area contributed by atoms with Crippen LogP contribution in [0.3, 0.4) is 0 Å². The Morgan fingerprint density at radius 2 is 1.96 bits per heavy atom. The summed E-state index contributed by atoms with van der Waals surface area (Å²) in [6.45, 7) is 3.85. The molecule has 0 aliphatic heterocycles. The van der Waals surface area contributed by atoms with Crippen LogP contribution in [0.2, 0.25) is 0 Å². The van der Waals surface area contributed by atoms with Crippen molar-refractivity contribution < 1.29 is 9.53 Å². The highest BCUT2D eigenvalue weighted by Gasteiger charge is 2.24. The Labute approximate surface area is 156 Å². The van der Waals surface area contributed by atoms with E-state index in [1.165, 1.54) is 11.3 Å². The molecule has 0 spiro atoms. The van der Waals surface area contributed by atoms with Gasteiger partial charge in [0.2, 0.25) is 0 Å². The first kappa shape index (κ1) is 17.8. The van der Waals surface area contributed by atoms with E-state index in [2.05, 4.69) is 11.1 Å². The molecule has 0 saturated carbocycles. The number of ether oxygens (including phenoxy) is 1. The quantitative estimate of drug-likeness (QED) is 0.638. The van der Waals surface area contributed by atoms with Crippen molar-refractivity contribution in [3.63, 3.8) is 0 Å². The van der Waals surface area contributed by atoms with Crippen LogP contribution in [0.15, 0.2) is 53.9 Å². The number of carbonyl (C=O) groups is 1. The minimum absolute atomic E-state index is 0.152. The van der Waals surface area contributed by atoms with Crippen LogP contribution in [0.1, 0.15) is 22.1 Å². The molecule has 0 aliphatic carbocycles. The number of Topliss-reactive ketones (excluding diaryl/α,β-unsaturated/α-hetero) is 1. The number of benzene rings is 2. The normalized spacial score (nSPS) is 11.6. The first-order chi connectivity index (χ1) is 12.6. The van der Waals surface area contributed by atoms with Crippen LogP contribution in [0.25, 0.3) is 11.3 Å². The van der Waals surface area contributed by atoms with Crippen LogP contribution >= 0.6 is 11.3 Å². The predicted octanol–water partition coefficient (Wildman–Crippen LogP) is 4.68. The summed E-state index contributed by atoms with van der Waals surface area (Å²) in [6, 6.07) is 17.4. The van der Waals surface area contributed by atoms with Crippen molar-refractivity contribution in [3.8, 4) is 23.1 Å². The van der Waals surface area contributed by atoms with E-state index in [9.17, 15) is 10.1 Å². The van der Waals surface area contributed by atoms with Gasteiger partial charge in [-0.15, -0.1) is 11.3 Å². The van der Waals surface area contributed by atoms with E-state index in [1.807, 2.05) is 67.8 Å². The maximum Gasteiger partial charge on any atom is 0.194 e. The topological polar surface area (TPSA) is 63.0 Å². The lowest BCUT2D eigenvalue weighted by atomic mass is 10.1. The summed E-state index contributed by atoms with van der Waals surface area (Å²) in [6.07, 6.45) is 0. The van der Waals surface area contributed by atoms with Crippen molar-refractivity contribution >= 4 is 17.1 Å². The zero-order chi connectivity index (χ0) is 18.5. The molecule has 0 radical (unpaired) electrons. The van der Waals surface area contributed by atoms with Crippen LogP contribution in [-0.4, -0.2) is 17.4 Å². The summed E-state index contributed by atoms with van der Waals surface area (Å²) in [5.41, 5.74) is 3.99. The molecule has 0 N–H and O–H groups in total. The lowest BCUT2D eigenvalue weighted by Crippen LogP contribution is -2.19. The van der Waals surface area contributed by atoms with E-state index >= 15 is 0 Å². The fraction of sp³-hybridized carbons (Fsp3) is 0.190. The molecular formula is C21H18N2O2S. The van der Waals surface area contributed by atoms with Crippen molar-refractivity contribution in [1.29, 1.82) is 5.26 Å². The number of hydrogen-bond acceptors (Lipinski definition) is 5. The highest BCUT2D eigenvalue weighted by Crippen LogP contribution is 2.27. The van der Waals surface area contributed by atoms with Gasteiger partial charge in [-0.3, -0.25) is 4.79 Å². The van der Waals surface area contributed by atoms with E-state index in [1.54, 1.807) is 0 Å². The van der Waals surface area contributed by atoms with E-state index in [-0.39, 0.29) is 12.4 Å². The maximum absolute atomic E-state index is 12.5. The molecule has 26 heavy (non-hydrogen) atoms. The fourth-order valence-corrected chi connectivity index (χ4v) is 3.36. The van der Waals surface area contributed by atoms with Crippen molar-refractivity contribution in [3.05, 3.63) is 70.0 Å². The molecule has 1 atom stereocenters. The molecule has 0 bridgehead atoms. The minimum Gasteiger partial charge on any atom is -0.486 e. The van der Waals surface area contributed by atoms with Gasteiger partial charge < -0.3 is 4.74 Å².